The Morgan fingerprint density at radius 3 is 2.68 bits per heavy atom. The van der Waals surface area contributed by atoms with E-state index in [0.717, 1.165) is 50.7 Å². The maximum absolute atomic E-state index is 5.82. The van der Waals surface area contributed by atoms with Gasteiger partial charge in [0.1, 0.15) is 11.5 Å². The normalized spacial score (nSPS) is 18.1. The van der Waals surface area contributed by atoms with Gasteiger partial charge >= 0.3 is 0 Å². The molecule has 0 amide bonds. The molecule has 0 atom stereocenters. The number of rotatable bonds is 6. The molecule has 0 saturated carbocycles. The zero-order valence-electron chi connectivity index (χ0n) is 12.5. The highest BCUT2D eigenvalue weighted by Gasteiger charge is 2.16. The third kappa shape index (κ3) is 4.34. The van der Waals surface area contributed by atoms with Crippen molar-refractivity contribution in [3.05, 3.63) is 23.2 Å². The molecule has 19 heavy (non-hydrogen) atoms. The number of hydrogen-bond acceptors (Lipinski definition) is 4. The lowest BCUT2D eigenvalue weighted by atomic mass is 10.2. The summed E-state index contributed by atoms with van der Waals surface area (Å²) in [6, 6.07) is 2.22. The van der Waals surface area contributed by atoms with Crippen LogP contribution in [-0.4, -0.2) is 49.6 Å². The Balaban J connectivity index is 1.86. The minimum Gasteiger partial charge on any atom is -0.465 e. The number of piperazine rings is 1. The molecule has 108 valence electrons. The van der Waals surface area contributed by atoms with Crippen LogP contribution in [0, 0.1) is 6.92 Å². The molecule has 0 radical (unpaired) electrons. The van der Waals surface area contributed by atoms with Crippen molar-refractivity contribution in [2.45, 2.75) is 33.4 Å². The molecule has 4 nitrogen and oxygen atoms in total. The summed E-state index contributed by atoms with van der Waals surface area (Å²) in [5, 5.41) is 3.39. The molecule has 1 saturated heterocycles. The third-order valence-electron chi connectivity index (χ3n) is 3.79. The van der Waals surface area contributed by atoms with Crippen LogP contribution in [0.2, 0.25) is 0 Å². The highest BCUT2D eigenvalue weighted by Crippen LogP contribution is 2.17. The van der Waals surface area contributed by atoms with Gasteiger partial charge in [0.25, 0.3) is 0 Å². The minimum absolute atomic E-state index is 0.845. The first-order valence-corrected chi connectivity index (χ1v) is 7.39. The van der Waals surface area contributed by atoms with Gasteiger partial charge in [-0.3, -0.25) is 4.90 Å². The van der Waals surface area contributed by atoms with E-state index >= 15 is 0 Å². The summed E-state index contributed by atoms with van der Waals surface area (Å²) in [5.41, 5.74) is 1.35. The summed E-state index contributed by atoms with van der Waals surface area (Å²) in [5.74, 6) is 2.14. The fourth-order valence-electron chi connectivity index (χ4n) is 2.47. The Hall–Kier alpha value is -0.840. The van der Waals surface area contributed by atoms with E-state index in [4.69, 9.17) is 4.42 Å². The zero-order valence-corrected chi connectivity index (χ0v) is 12.5. The highest BCUT2D eigenvalue weighted by molar-refractivity contribution is 5.20. The molecule has 0 bridgehead atoms. The number of nitrogens with one attached hydrogen (secondary N) is 1. The molecule has 4 heteroatoms. The second-order valence-electron chi connectivity index (χ2n) is 5.55. The first-order chi connectivity index (χ1) is 9.19. The van der Waals surface area contributed by atoms with E-state index in [0.29, 0.717) is 0 Å². The maximum Gasteiger partial charge on any atom is 0.118 e. The molecule has 2 rings (SSSR count). The first kappa shape index (κ1) is 14.6. The molecule has 1 N–H and O–H groups in total. The molecule has 1 fully saturated rings. The van der Waals surface area contributed by atoms with Crippen LogP contribution in [0.25, 0.3) is 0 Å². The Kier molecular flexibility index (Phi) is 5.43. The van der Waals surface area contributed by atoms with Crippen LogP contribution in [-0.2, 0) is 13.1 Å². The predicted octanol–water partition coefficient (Wildman–Crippen LogP) is 1.84. The van der Waals surface area contributed by atoms with Crippen molar-refractivity contribution < 1.29 is 4.42 Å². The Labute approximate surface area is 116 Å². The number of aryl methyl sites for hydroxylation is 1. The summed E-state index contributed by atoms with van der Waals surface area (Å²) in [6.07, 6.45) is 1.16. The van der Waals surface area contributed by atoms with Crippen LogP contribution in [0.1, 0.15) is 30.4 Å². The molecular weight excluding hydrogens is 238 g/mol. The average molecular weight is 265 g/mol. The lowest BCUT2D eigenvalue weighted by molar-refractivity contribution is 0.147. The summed E-state index contributed by atoms with van der Waals surface area (Å²) >= 11 is 0. The van der Waals surface area contributed by atoms with Crippen molar-refractivity contribution in [3.63, 3.8) is 0 Å². The van der Waals surface area contributed by atoms with E-state index < -0.39 is 0 Å². The number of hydrogen-bond donors (Lipinski definition) is 1. The average Bonchev–Trinajstić information content (AvgIpc) is 2.73. The van der Waals surface area contributed by atoms with Gasteiger partial charge in [-0.15, -0.1) is 0 Å². The lowest BCUT2D eigenvalue weighted by Crippen LogP contribution is -2.43. The summed E-state index contributed by atoms with van der Waals surface area (Å²) in [7, 11) is 2.19. The molecule has 1 aliphatic rings. The third-order valence-corrected chi connectivity index (χ3v) is 3.79. The molecule has 0 aromatic carbocycles. The molecule has 0 unspecified atom stereocenters. The van der Waals surface area contributed by atoms with E-state index in [-0.39, 0.29) is 0 Å². The standard InChI is InChI=1S/C15H27N3O/c1-4-5-16-11-15-10-14(13(2)19-15)12-18-8-6-17(3)7-9-18/h10,16H,4-9,11-12H2,1-3H3. The first-order valence-electron chi connectivity index (χ1n) is 7.39. The van der Waals surface area contributed by atoms with Gasteiger partial charge in [-0.1, -0.05) is 6.92 Å². The number of furan rings is 1. The highest BCUT2D eigenvalue weighted by atomic mass is 16.3. The number of nitrogens with zero attached hydrogens (tertiary/aromatic N) is 2. The van der Waals surface area contributed by atoms with Crippen molar-refractivity contribution >= 4 is 0 Å². The Morgan fingerprint density at radius 2 is 2.00 bits per heavy atom. The second-order valence-corrected chi connectivity index (χ2v) is 5.55. The number of likely N-dealkylation sites (N-methyl/N-ethyl adjacent to an activating group) is 1. The SMILES string of the molecule is CCCNCc1cc(CN2CCN(C)CC2)c(C)o1. The maximum atomic E-state index is 5.82. The van der Waals surface area contributed by atoms with Gasteiger partial charge < -0.3 is 14.6 Å². The van der Waals surface area contributed by atoms with Gasteiger partial charge in [-0.05, 0) is 33.0 Å². The smallest absolute Gasteiger partial charge is 0.118 e. The molecule has 1 aliphatic heterocycles. The van der Waals surface area contributed by atoms with Crippen LogP contribution in [0.15, 0.2) is 10.5 Å². The van der Waals surface area contributed by atoms with Gasteiger partial charge in [0.2, 0.25) is 0 Å². The van der Waals surface area contributed by atoms with Crippen molar-refractivity contribution in [1.82, 2.24) is 15.1 Å². The Morgan fingerprint density at radius 1 is 1.26 bits per heavy atom. The van der Waals surface area contributed by atoms with E-state index in [2.05, 4.69) is 42.1 Å². The van der Waals surface area contributed by atoms with Gasteiger partial charge in [0.05, 0.1) is 6.54 Å². The van der Waals surface area contributed by atoms with Crippen LogP contribution in [0.5, 0.6) is 0 Å². The van der Waals surface area contributed by atoms with E-state index in [1.807, 2.05) is 0 Å². The molecular formula is C15H27N3O. The largest absolute Gasteiger partial charge is 0.465 e. The molecule has 1 aromatic heterocycles. The molecule has 2 heterocycles. The van der Waals surface area contributed by atoms with Crippen molar-refractivity contribution in [2.75, 3.05) is 39.8 Å². The van der Waals surface area contributed by atoms with E-state index in [1.165, 1.54) is 18.7 Å². The van der Waals surface area contributed by atoms with E-state index in [1.54, 1.807) is 0 Å². The van der Waals surface area contributed by atoms with Crippen LogP contribution in [0.3, 0.4) is 0 Å². The molecule has 0 aliphatic carbocycles. The predicted molar refractivity (Wildman–Crippen MR) is 78.2 cm³/mol. The van der Waals surface area contributed by atoms with Gasteiger partial charge in [0.15, 0.2) is 0 Å². The summed E-state index contributed by atoms with van der Waals surface area (Å²) < 4.78 is 5.82. The fraction of sp³-hybridized carbons (Fsp3) is 0.733. The fourth-order valence-corrected chi connectivity index (χ4v) is 2.47. The van der Waals surface area contributed by atoms with E-state index in [9.17, 15) is 0 Å². The van der Waals surface area contributed by atoms with Crippen molar-refractivity contribution in [1.29, 1.82) is 0 Å². The van der Waals surface area contributed by atoms with Crippen LogP contribution >= 0.6 is 0 Å². The summed E-state index contributed by atoms with van der Waals surface area (Å²) in [6.45, 7) is 11.8. The second kappa shape index (κ2) is 7.08. The van der Waals surface area contributed by atoms with Crippen LogP contribution in [0.4, 0.5) is 0 Å². The van der Waals surface area contributed by atoms with Crippen LogP contribution < -0.4 is 5.32 Å². The minimum atomic E-state index is 0.845. The molecule has 0 spiro atoms. The Bertz CT molecular complexity index is 381. The van der Waals surface area contributed by atoms with Crippen molar-refractivity contribution in [2.24, 2.45) is 0 Å². The quantitative estimate of drug-likeness (QED) is 0.795. The topological polar surface area (TPSA) is 31.6 Å². The van der Waals surface area contributed by atoms with Gasteiger partial charge in [-0.25, -0.2) is 0 Å². The van der Waals surface area contributed by atoms with Crippen molar-refractivity contribution in [3.8, 4) is 0 Å². The van der Waals surface area contributed by atoms with Gasteiger partial charge in [0, 0.05) is 38.3 Å². The molecule has 1 aromatic rings. The van der Waals surface area contributed by atoms with Gasteiger partial charge in [-0.2, -0.15) is 0 Å². The zero-order chi connectivity index (χ0) is 13.7. The monoisotopic (exact) mass is 265 g/mol. The summed E-state index contributed by atoms with van der Waals surface area (Å²) in [4.78, 5) is 4.90. The lowest BCUT2D eigenvalue weighted by Gasteiger charge is -2.32.